The van der Waals surface area contributed by atoms with E-state index in [-0.39, 0.29) is 5.97 Å². The lowest BCUT2D eigenvalue weighted by Gasteiger charge is -2.31. The molecule has 1 aliphatic carbocycles. The summed E-state index contributed by atoms with van der Waals surface area (Å²) in [6.45, 7) is 5.29. The Kier molecular flexibility index (Phi) is 14.4. The van der Waals surface area contributed by atoms with Gasteiger partial charge >= 0.3 is 5.97 Å². The van der Waals surface area contributed by atoms with Gasteiger partial charge in [-0.05, 0) is 79.5 Å². The van der Waals surface area contributed by atoms with Crippen LogP contribution in [0.2, 0.25) is 0 Å². The topological polar surface area (TPSA) is 35.5 Å². The SMILES string of the molecule is CCCCCCCCc1ccc(OC(=O)c2ccc(OCCCC3CCCCC3CCCCC)cc2)cc1. The smallest absolute Gasteiger partial charge is 0.343 e. The molecule has 38 heavy (non-hydrogen) atoms. The van der Waals surface area contributed by atoms with Crippen molar-refractivity contribution >= 4 is 5.97 Å². The molecule has 0 aromatic heterocycles. The van der Waals surface area contributed by atoms with Crippen LogP contribution in [-0.4, -0.2) is 12.6 Å². The fraction of sp³-hybridized carbons (Fsp3) is 0.629. The van der Waals surface area contributed by atoms with Crippen LogP contribution < -0.4 is 9.47 Å². The minimum atomic E-state index is -0.327. The molecule has 0 amide bonds. The number of carbonyl (C=O) groups is 1. The zero-order chi connectivity index (χ0) is 26.8. The standard InChI is InChI=1S/C35H52O3/c1-3-5-7-8-9-11-15-29-20-24-34(25-21-29)38-35(36)32-22-26-33(27-23-32)37-28-14-19-31-18-13-12-17-30(31)16-10-6-4-2/h20-27,30-31H,3-19,28H2,1-2H3. The zero-order valence-corrected chi connectivity index (χ0v) is 24.2. The van der Waals surface area contributed by atoms with E-state index >= 15 is 0 Å². The molecule has 0 radical (unpaired) electrons. The van der Waals surface area contributed by atoms with Crippen molar-refractivity contribution in [3.63, 3.8) is 0 Å². The third-order valence-corrected chi connectivity index (χ3v) is 8.28. The molecule has 1 fully saturated rings. The third-order valence-electron chi connectivity index (χ3n) is 8.28. The van der Waals surface area contributed by atoms with Crippen LogP contribution in [0.15, 0.2) is 48.5 Å². The number of carbonyl (C=O) groups excluding carboxylic acids is 1. The highest BCUT2D eigenvalue weighted by Crippen LogP contribution is 2.36. The molecule has 3 nitrogen and oxygen atoms in total. The molecule has 2 unspecified atom stereocenters. The van der Waals surface area contributed by atoms with Gasteiger partial charge in [-0.2, -0.15) is 0 Å². The highest BCUT2D eigenvalue weighted by molar-refractivity contribution is 5.91. The van der Waals surface area contributed by atoms with Crippen LogP contribution in [0.25, 0.3) is 0 Å². The second kappa shape index (κ2) is 18.1. The maximum atomic E-state index is 12.6. The number of benzene rings is 2. The van der Waals surface area contributed by atoms with Crippen molar-refractivity contribution < 1.29 is 14.3 Å². The van der Waals surface area contributed by atoms with Crippen LogP contribution in [0, 0.1) is 11.8 Å². The Hall–Kier alpha value is -2.29. The largest absolute Gasteiger partial charge is 0.494 e. The lowest BCUT2D eigenvalue weighted by Crippen LogP contribution is -2.20. The van der Waals surface area contributed by atoms with Crippen LogP contribution in [0.1, 0.15) is 133 Å². The Bertz CT molecular complexity index is 886. The van der Waals surface area contributed by atoms with Gasteiger partial charge in [0.1, 0.15) is 11.5 Å². The zero-order valence-electron chi connectivity index (χ0n) is 24.2. The van der Waals surface area contributed by atoms with Crippen molar-refractivity contribution in [1.82, 2.24) is 0 Å². The number of rotatable bonds is 18. The van der Waals surface area contributed by atoms with E-state index in [4.69, 9.17) is 9.47 Å². The molecule has 2 atom stereocenters. The molecular formula is C35H52O3. The second-order valence-corrected chi connectivity index (χ2v) is 11.4. The van der Waals surface area contributed by atoms with E-state index in [0.29, 0.717) is 11.3 Å². The Morgan fingerprint density at radius 2 is 1.26 bits per heavy atom. The lowest BCUT2D eigenvalue weighted by atomic mass is 9.74. The Morgan fingerprint density at radius 1 is 0.684 bits per heavy atom. The number of hydrogen-bond donors (Lipinski definition) is 0. The van der Waals surface area contributed by atoms with Crippen LogP contribution in [-0.2, 0) is 6.42 Å². The van der Waals surface area contributed by atoms with E-state index in [0.717, 1.165) is 37.0 Å². The van der Waals surface area contributed by atoms with Gasteiger partial charge in [-0.1, -0.05) is 109 Å². The van der Waals surface area contributed by atoms with Gasteiger partial charge in [-0.25, -0.2) is 4.79 Å². The van der Waals surface area contributed by atoms with Crippen molar-refractivity contribution in [2.45, 2.75) is 123 Å². The summed E-state index contributed by atoms with van der Waals surface area (Å²) >= 11 is 0. The highest BCUT2D eigenvalue weighted by Gasteiger charge is 2.24. The predicted octanol–water partition coefficient (Wildman–Crippen LogP) is 10.4. The number of aryl methyl sites for hydroxylation is 1. The first-order valence-electron chi connectivity index (χ1n) is 15.7. The van der Waals surface area contributed by atoms with Gasteiger partial charge < -0.3 is 9.47 Å². The molecule has 2 aromatic rings. The molecule has 0 spiro atoms. The van der Waals surface area contributed by atoms with Crippen molar-refractivity contribution in [3.8, 4) is 11.5 Å². The van der Waals surface area contributed by atoms with Crippen molar-refractivity contribution in [1.29, 1.82) is 0 Å². The van der Waals surface area contributed by atoms with Crippen molar-refractivity contribution in [2.75, 3.05) is 6.61 Å². The summed E-state index contributed by atoms with van der Waals surface area (Å²) < 4.78 is 11.6. The molecule has 0 aliphatic heterocycles. The predicted molar refractivity (Wildman–Crippen MR) is 159 cm³/mol. The Balaban J connectivity index is 1.34. The van der Waals surface area contributed by atoms with Gasteiger partial charge in [0.05, 0.1) is 12.2 Å². The normalized spacial score (nSPS) is 17.3. The van der Waals surface area contributed by atoms with Crippen LogP contribution >= 0.6 is 0 Å². The monoisotopic (exact) mass is 520 g/mol. The minimum absolute atomic E-state index is 0.327. The number of unbranched alkanes of at least 4 members (excludes halogenated alkanes) is 7. The summed E-state index contributed by atoms with van der Waals surface area (Å²) in [6, 6.07) is 15.3. The summed E-state index contributed by atoms with van der Waals surface area (Å²) in [6.07, 6.45) is 22.4. The highest BCUT2D eigenvalue weighted by atomic mass is 16.5. The van der Waals surface area contributed by atoms with Crippen LogP contribution in [0.5, 0.6) is 11.5 Å². The fourth-order valence-corrected chi connectivity index (χ4v) is 5.92. The van der Waals surface area contributed by atoms with Crippen molar-refractivity contribution in [2.24, 2.45) is 11.8 Å². The summed E-state index contributed by atoms with van der Waals surface area (Å²) in [5, 5.41) is 0. The van der Waals surface area contributed by atoms with Gasteiger partial charge in [-0.3, -0.25) is 0 Å². The average Bonchev–Trinajstić information content (AvgIpc) is 2.95. The van der Waals surface area contributed by atoms with Gasteiger partial charge in [0.15, 0.2) is 0 Å². The second-order valence-electron chi connectivity index (χ2n) is 11.4. The Labute approximate surface area is 232 Å². The summed E-state index contributed by atoms with van der Waals surface area (Å²) in [7, 11) is 0. The summed E-state index contributed by atoms with van der Waals surface area (Å²) in [4.78, 5) is 12.6. The molecule has 0 N–H and O–H groups in total. The first-order chi connectivity index (χ1) is 18.7. The van der Waals surface area contributed by atoms with Crippen molar-refractivity contribution in [3.05, 3.63) is 59.7 Å². The molecule has 0 heterocycles. The number of esters is 1. The van der Waals surface area contributed by atoms with E-state index in [1.54, 1.807) is 12.1 Å². The lowest BCUT2D eigenvalue weighted by molar-refractivity contribution is 0.0734. The molecule has 3 heteroatoms. The number of ether oxygens (including phenoxy) is 2. The average molecular weight is 521 g/mol. The maximum absolute atomic E-state index is 12.6. The van der Waals surface area contributed by atoms with E-state index in [9.17, 15) is 4.79 Å². The van der Waals surface area contributed by atoms with Gasteiger partial charge in [0.2, 0.25) is 0 Å². The molecular weight excluding hydrogens is 468 g/mol. The molecule has 1 saturated carbocycles. The molecule has 210 valence electrons. The summed E-state index contributed by atoms with van der Waals surface area (Å²) in [5.41, 5.74) is 1.85. The van der Waals surface area contributed by atoms with Gasteiger partial charge in [0.25, 0.3) is 0 Å². The fourth-order valence-electron chi connectivity index (χ4n) is 5.92. The third kappa shape index (κ3) is 11.2. The minimum Gasteiger partial charge on any atom is -0.494 e. The van der Waals surface area contributed by atoms with E-state index in [2.05, 4.69) is 26.0 Å². The molecule has 0 saturated heterocycles. The molecule has 0 bridgehead atoms. The van der Waals surface area contributed by atoms with E-state index < -0.39 is 0 Å². The molecule has 2 aromatic carbocycles. The van der Waals surface area contributed by atoms with Gasteiger partial charge in [0, 0.05) is 0 Å². The summed E-state index contributed by atoms with van der Waals surface area (Å²) in [5.74, 6) is 2.90. The van der Waals surface area contributed by atoms with E-state index in [1.807, 2.05) is 24.3 Å². The number of hydrogen-bond acceptors (Lipinski definition) is 3. The first kappa shape index (κ1) is 30.3. The van der Waals surface area contributed by atoms with Crippen LogP contribution in [0.3, 0.4) is 0 Å². The maximum Gasteiger partial charge on any atom is 0.343 e. The Morgan fingerprint density at radius 3 is 1.95 bits per heavy atom. The van der Waals surface area contributed by atoms with Crippen LogP contribution in [0.4, 0.5) is 0 Å². The van der Waals surface area contributed by atoms with E-state index in [1.165, 1.54) is 102 Å². The first-order valence-corrected chi connectivity index (χ1v) is 15.7. The van der Waals surface area contributed by atoms with Gasteiger partial charge in [-0.15, -0.1) is 0 Å². The molecule has 1 aliphatic rings. The molecule has 3 rings (SSSR count). The quantitative estimate of drug-likeness (QED) is 0.111.